The van der Waals surface area contributed by atoms with Gasteiger partial charge in [-0.1, -0.05) is 19.6 Å². The van der Waals surface area contributed by atoms with Crippen LogP contribution in [0.5, 0.6) is 0 Å². The molecule has 0 radical (unpaired) electrons. The van der Waals surface area contributed by atoms with Crippen LogP contribution in [0.4, 0.5) is 0 Å². The van der Waals surface area contributed by atoms with Crippen LogP contribution in [-0.2, 0) is 6.42 Å². The Kier molecular flexibility index (Phi) is 2.42. The molecule has 0 saturated heterocycles. The van der Waals surface area contributed by atoms with Crippen molar-refractivity contribution in [3.8, 4) is 0 Å². The van der Waals surface area contributed by atoms with Crippen molar-refractivity contribution in [2.45, 2.75) is 20.3 Å². The van der Waals surface area contributed by atoms with Gasteiger partial charge in [0.25, 0.3) is 0 Å². The first-order chi connectivity index (χ1) is 5.27. The summed E-state index contributed by atoms with van der Waals surface area (Å²) in [4.78, 5) is 4.30. The van der Waals surface area contributed by atoms with Gasteiger partial charge in [-0.15, -0.1) is 0 Å². The predicted octanol–water partition coefficient (Wildman–Crippen LogP) is 2.60. The number of aryl methyl sites for hydroxylation is 2. The van der Waals surface area contributed by atoms with E-state index in [4.69, 9.17) is 0 Å². The van der Waals surface area contributed by atoms with Crippen LogP contribution in [0.3, 0.4) is 0 Å². The van der Waals surface area contributed by atoms with Crippen molar-refractivity contribution in [2.75, 3.05) is 0 Å². The SMILES string of the molecule is C=Cc1cnc(CC)c(C)c1. The Labute approximate surface area is 67.8 Å². The van der Waals surface area contributed by atoms with Gasteiger partial charge in [0, 0.05) is 11.9 Å². The summed E-state index contributed by atoms with van der Waals surface area (Å²) in [6, 6.07) is 2.11. The second-order valence-corrected chi connectivity index (χ2v) is 2.59. The van der Waals surface area contributed by atoms with Crippen LogP contribution in [-0.4, -0.2) is 4.98 Å². The molecule has 1 heterocycles. The standard InChI is InChI=1S/C10H13N/c1-4-9-6-8(3)10(5-2)11-7-9/h4,6-7H,1,5H2,2-3H3. The molecule has 0 aliphatic rings. The molecule has 1 heteroatoms. The van der Waals surface area contributed by atoms with Crippen molar-refractivity contribution < 1.29 is 0 Å². The second kappa shape index (κ2) is 3.33. The third kappa shape index (κ3) is 1.67. The van der Waals surface area contributed by atoms with Gasteiger partial charge in [0.1, 0.15) is 0 Å². The summed E-state index contributed by atoms with van der Waals surface area (Å²) in [6.45, 7) is 7.88. The van der Waals surface area contributed by atoms with Gasteiger partial charge in [-0.05, 0) is 30.5 Å². The molecule has 0 N–H and O–H groups in total. The Morgan fingerprint density at radius 2 is 2.36 bits per heavy atom. The Hall–Kier alpha value is -1.11. The van der Waals surface area contributed by atoms with Crippen LogP contribution >= 0.6 is 0 Å². The van der Waals surface area contributed by atoms with Gasteiger partial charge in [-0.25, -0.2) is 0 Å². The number of hydrogen-bond acceptors (Lipinski definition) is 1. The molecule has 0 aromatic carbocycles. The zero-order chi connectivity index (χ0) is 8.27. The largest absolute Gasteiger partial charge is 0.260 e. The van der Waals surface area contributed by atoms with E-state index in [1.807, 2.05) is 12.3 Å². The third-order valence-electron chi connectivity index (χ3n) is 1.78. The van der Waals surface area contributed by atoms with Crippen molar-refractivity contribution in [1.29, 1.82) is 0 Å². The summed E-state index contributed by atoms with van der Waals surface area (Å²) in [7, 11) is 0. The van der Waals surface area contributed by atoms with Gasteiger partial charge in [0.05, 0.1) is 0 Å². The van der Waals surface area contributed by atoms with Crippen LogP contribution in [0, 0.1) is 6.92 Å². The lowest BCUT2D eigenvalue weighted by Crippen LogP contribution is -1.91. The molecule has 11 heavy (non-hydrogen) atoms. The van der Waals surface area contributed by atoms with Crippen molar-refractivity contribution in [3.63, 3.8) is 0 Å². The first-order valence-corrected chi connectivity index (χ1v) is 3.86. The number of nitrogens with zero attached hydrogens (tertiary/aromatic N) is 1. The average Bonchev–Trinajstić information content (AvgIpc) is 2.04. The van der Waals surface area contributed by atoms with Gasteiger partial charge in [-0.2, -0.15) is 0 Å². The molecule has 1 nitrogen and oxygen atoms in total. The molecule has 0 fully saturated rings. The van der Waals surface area contributed by atoms with Gasteiger partial charge in [-0.3, -0.25) is 4.98 Å². The van der Waals surface area contributed by atoms with Crippen LogP contribution in [0.25, 0.3) is 6.08 Å². The van der Waals surface area contributed by atoms with Gasteiger partial charge >= 0.3 is 0 Å². The lowest BCUT2D eigenvalue weighted by Gasteiger charge is -2.01. The fourth-order valence-electron chi connectivity index (χ4n) is 1.11. The minimum Gasteiger partial charge on any atom is -0.260 e. The Bertz CT molecular complexity index is 264. The summed E-state index contributed by atoms with van der Waals surface area (Å²) in [5, 5.41) is 0. The normalized spacial score (nSPS) is 9.64. The molecule has 0 atom stereocenters. The van der Waals surface area contributed by atoms with Crippen LogP contribution in [0.1, 0.15) is 23.7 Å². The van der Waals surface area contributed by atoms with E-state index >= 15 is 0 Å². The highest BCUT2D eigenvalue weighted by atomic mass is 14.7. The maximum absolute atomic E-state index is 4.30. The summed E-state index contributed by atoms with van der Waals surface area (Å²) in [5.41, 5.74) is 3.53. The molecule has 0 bridgehead atoms. The molecular weight excluding hydrogens is 134 g/mol. The number of aromatic nitrogens is 1. The molecule has 0 unspecified atom stereocenters. The lowest BCUT2D eigenvalue weighted by molar-refractivity contribution is 1.01. The van der Waals surface area contributed by atoms with Crippen LogP contribution in [0.15, 0.2) is 18.8 Å². The predicted molar refractivity (Wildman–Crippen MR) is 48.4 cm³/mol. The van der Waals surface area contributed by atoms with E-state index in [2.05, 4.69) is 31.5 Å². The number of rotatable bonds is 2. The maximum atomic E-state index is 4.30. The van der Waals surface area contributed by atoms with Crippen molar-refractivity contribution in [1.82, 2.24) is 4.98 Å². The first kappa shape index (κ1) is 7.99. The van der Waals surface area contributed by atoms with E-state index in [1.165, 1.54) is 11.3 Å². The summed E-state index contributed by atoms with van der Waals surface area (Å²) < 4.78 is 0. The minimum atomic E-state index is 1.00. The van der Waals surface area contributed by atoms with Crippen molar-refractivity contribution in [3.05, 3.63) is 35.7 Å². The highest BCUT2D eigenvalue weighted by Crippen LogP contribution is 2.08. The molecule has 0 aliphatic carbocycles. The quantitative estimate of drug-likeness (QED) is 0.626. The molecule has 0 saturated carbocycles. The van der Waals surface area contributed by atoms with Gasteiger partial charge in [0.2, 0.25) is 0 Å². The highest BCUT2D eigenvalue weighted by Gasteiger charge is 1.96. The Morgan fingerprint density at radius 1 is 1.64 bits per heavy atom. The minimum absolute atomic E-state index is 1.00. The molecule has 0 spiro atoms. The lowest BCUT2D eigenvalue weighted by atomic mass is 10.1. The van der Waals surface area contributed by atoms with E-state index in [9.17, 15) is 0 Å². The summed E-state index contributed by atoms with van der Waals surface area (Å²) >= 11 is 0. The third-order valence-corrected chi connectivity index (χ3v) is 1.78. The number of pyridine rings is 1. The molecule has 58 valence electrons. The Balaban J connectivity index is 3.09. The number of hydrogen-bond donors (Lipinski definition) is 0. The van der Waals surface area contributed by atoms with E-state index in [-0.39, 0.29) is 0 Å². The summed E-state index contributed by atoms with van der Waals surface area (Å²) in [6.07, 6.45) is 4.68. The zero-order valence-electron chi connectivity index (χ0n) is 7.09. The zero-order valence-corrected chi connectivity index (χ0v) is 7.09. The molecule has 1 aromatic heterocycles. The van der Waals surface area contributed by atoms with Crippen LogP contribution in [0.2, 0.25) is 0 Å². The summed E-state index contributed by atoms with van der Waals surface area (Å²) in [5.74, 6) is 0. The van der Waals surface area contributed by atoms with E-state index < -0.39 is 0 Å². The topological polar surface area (TPSA) is 12.9 Å². The van der Waals surface area contributed by atoms with Crippen molar-refractivity contribution >= 4 is 6.08 Å². The second-order valence-electron chi connectivity index (χ2n) is 2.59. The van der Waals surface area contributed by atoms with E-state index in [0.717, 1.165) is 12.0 Å². The van der Waals surface area contributed by atoms with Gasteiger partial charge in [0.15, 0.2) is 0 Å². The molecule has 1 aromatic rings. The molecule has 0 aliphatic heterocycles. The maximum Gasteiger partial charge on any atom is 0.0430 e. The Morgan fingerprint density at radius 3 is 2.82 bits per heavy atom. The van der Waals surface area contributed by atoms with Gasteiger partial charge < -0.3 is 0 Å². The fourth-order valence-corrected chi connectivity index (χ4v) is 1.11. The average molecular weight is 147 g/mol. The first-order valence-electron chi connectivity index (χ1n) is 3.86. The smallest absolute Gasteiger partial charge is 0.0430 e. The van der Waals surface area contributed by atoms with E-state index in [0.29, 0.717) is 0 Å². The monoisotopic (exact) mass is 147 g/mol. The molecular formula is C10H13N. The fraction of sp³-hybridized carbons (Fsp3) is 0.300. The van der Waals surface area contributed by atoms with E-state index in [1.54, 1.807) is 0 Å². The highest BCUT2D eigenvalue weighted by molar-refractivity contribution is 5.47. The van der Waals surface area contributed by atoms with Crippen LogP contribution < -0.4 is 0 Å². The molecule has 1 rings (SSSR count). The molecule has 0 amide bonds. The van der Waals surface area contributed by atoms with Crippen molar-refractivity contribution in [2.24, 2.45) is 0 Å².